The van der Waals surface area contributed by atoms with Gasteiger partial charge in [0.15, 0.2) is 11.4 Å². The van der Waals surface area contributed by atoms with E-state index in [0.717, 1.165) is 39.7 Å². The maximum absolute atomic E-state index is 13.2. The van der Waals surface area contributed by atoms with E-state index in [-0.39, 0.29) is 11.8 Å². The lowest BCUT2D eigenvalue weighted by Crippen LogP contribution is -2.28. The number of hydrogen-bond acceptors (Lipinski definition) is 5. The Labute approximate surface area is 168 Å². The van der Waals surface area contributed by atoms with Gasteiger partial charge in [-0.3, -0.25) is 4.79 Å². The van der Waals surface area contributed by atoms with Gasteiger partial charge in [-0.25, -0.2) is 9.67 Å². The van der Waals surface area contributed by atoms with Gasteiger partial charge in [-0.05, 0) is 31.5 Å². The van der Waals surface area contributed by atoms with Gasteiger partial charge in [-0.1, -0.05) is 18.2 Å². The van der Waals surface area contributed by atoms with Crippen molar-refractivity contribution >= 4 is 27.9 Å². The van der Waals surface area contributed by atoms with E-state index < -0.39 is 0 Å². The number of carbonyl (C=O) groups is 1. The van der Waals surface area contributed by atoms with Gasteiger partial charge in [0.1, 0.15) is 5.58 Å². The molecule has 0 bridgehead atoms. The topological polar surface area (TPSA) is 90.2 Å². The molecule has 4 heterocycles. The van der Waals surface area contributed by atoms with Crippen LogP contribution in [0.25, 0.3) is 22.0 Å². The lowest BCUT2D eigenvalue weighted by Gasteiger charge is -2.15. The highest BCUT2D eigenvalue weighted by Crippen LogP contribution is 2.33. The molecule has 1 saturated heterocycles. The zero-order valence-electron chi connectivity index (χ0n) is 16.3. The van der Waals surface area contributed by atoms with Crippen molar-refractivity contribution in [2.24, 2.45) is 5.73 Å². The van der Waals surface area contributed by atoms with Crippen LogP contribution in [0.4, 0.5) is 0 Å². The number of furan rings is 1. The van der Waals surface area contributed by atoms with Crippen LogP contribution in [-0.2, 0) is 6.54 Å². The van der Waals surface area contributed by atoms with Crippen molar-refractivity contribution in [2.75, 3.05) is 19.6 Å². The largest absolute Gasteiger partial charge is 0.451 e. The molecule has 7 heteroatoms. The molecule has 1 aliphatic heterocycles. The average Bonchev–Trinajstić information content (AvgIpc) is 3.45. The standard InChI is InChI=1S/C22H23N5O2/c1-14-16-5-2-3-7-18(16)29-20(14)22(28)26-11-8-15(13-26)19-17-6-4-10-24-21(17)27(25-19)12-9-23/h2-7,10,15H,8-9,11-13,23H2,1H3. The number of hydrogen-bond donors (Lipinski definition) is 1. The molecular weight excluding hydrogens is 366 g/mol. The predicted octanol–water partition coefficient (Wildman–Crippen LogP) is 3.07. The molecule has 1 fully saturated rings. The Bertz CT molecular complexity index is 1210. The minimum absolute atomic E-state index is 0.0509. The summed E-state index contributed by atoms with van der Waals surface area (Å²) in [6.07, 6.45) is 2.64. The smallest absolute Gasteiger partial charge is 0.289 e. The van der Waals surface area contributed by atoms with Gasteiger partial charge in [0.2, 0.25) is 0 Å². The Morgan fingerprint density at radius 2 is 2.07 bits per heavy atom. The summed E-state index contributed by atoms with van der Waals surface area (Å²) < 4.78 is 7.76. The fourth-order valence-corrected chi connectivity index (χ4v) is 4.30. The van der Waals surface area contributed by atoms with Crippen molar-refractivity contribution in [1.82, 2.24) is 19.7 Å². The van der Waals surface area contributed by atoms with Crippen LogP contribution in [0.2, 0.25) is 0 Å². The van der Waals surface area contributed by atoms with Crippen molar-refractivity contribution in [3.8, 4) is 0 Å². The van der Waals surface area contributed by atoms with E-state index in [1.54, 1.807) is 6.20 Å². The molecule has 0 spiro atoms. The van der Waals surface area contributed by atoms with Crippen LogP contribution in [0.5, 0.6) is 0 Å². The molecule has 148 valence electrons. The second-order valence-electron chi connectivity index (χ2n) is 7.56. The summed E-state index contributed by atoms with van der Waals surface area (Å²) in [6.45, 7) is 4.39. The quantitative estimate of drug-likeness (QED) is 0.579. The van der Waals surface area contributed by atoms with Crippen LogP contribution in [0.15, 0.2) is 47.0 Å². The Kier molecular flexibility index (Phi) is 4.32. The number of nitrogens with zero attached hydrogens (tertiary/aromatic N) is 4. The minimum Gasteiger partial charge on any atom is -0.451 e. The number of amides is 1. The monoisotopic (exact) mass is 389 g/mol. The van der Waals surface area contributed by atoms with Gasteiger partial charge in [0.25, 0.3) is 5.91 Å². The molecule has 3 aromatic heterocycles. The first-order valence-corrected chi connectivity index (χ1v) is 9.96. The Morgan fingerprint density at radius 3 is 2.90 bits per heavy atom. The van der Waals surface area contributed by atoms with E-state index in [0.29, 0.717) is 31.9 Å². The minimum atomic E-state index is -0.0509. The molecule has 29 heavy (non-hydrogen) atoms. The second kappa shape index (κ2) is 7.00. The summed E-state index contributed by atoms with van der Waals surface area (Å²) in [5.41, 5.74) is 9.24. The van der Waals surface area contributed by atoms with Gasteiger partial charge >= 0.3 is 0 Å². The third-order valence-corrected chi connectivity index (χ3v) is 5.78. The van der Waals surface area contributed by atoms with Crippen molar-refractivity contribution in [2.45, 2.75) is 25.8 Å². The van der Waals surface area contributed by atoms with E-state index in [4.69, 9.17) is 15.2 Å². The molecule has 1 aliphatic rings. The zero-order valence-corrected chi connectivity index (χ0v) is 16.3. The summed E-state index contributed by atoms with van der Waals surface area (Å²) in [4.78, 5) is 19.5. The van der Waals surface area contributed by atoms with Gasteiger partial charge < -0.3 is 15.1 Å². The van der Waals surface area contributed by atoms with Crippen LogP contribution in [-0.4, -0.2) is 45.2 Å². The summed E-state index contributed by atoms with van der Waals surface area (Å²) in [6, 6.07) is 11.7. The molecular formula is C22H23N5O2. The Hall–Kier alpha value is -3.19. The maximum Gasteiger partial charge on any atom is 0.289 e. The highest BCUT2D eigenvalue weighted by atomic mass is 16.3. The second-order valence-corrected chi connectivity index (χ2v) is 7.56. The van der Waals surface area contributed by atoms with Gasteiger partial charge in [0, 0.05) is 48.1 Å². The average molecular weight is 389 g/mol. The number of aryl methyl sites for hydroxylation is 1. The SMILES string of the molecule is Cc1c(C(=O)N2CCC(c3nn(CCN)c4ncccc34)C2)oc2ccccc12. The molecule has 1 atom stereocenters. The van der Waals surface area contributed by atoms with E-state index in [1.807, 2.05) is 52.9 Å². The number of benzene rings is 1. The molecule has 1 unspecified atom stereocenters. The van der Waals surface area contributed by atoms with Crippen molar-refractivity contribution in [3.05, 3.63) is 59.6 Å². The molecule has 5 rings (SSSR count). The van der Waals surface area contributed by atoms with Crippen LogP contribution in [0.3, 0.4) is 0 Å². The molecule has 0 radical (unpaired) electrons. The first-order valence-electron chi connectivity index (χ1n) is 9.96. The molecule has 2 N–H and O–H groups in total. The van der Waals surface area contributed by atoms with Gasteiger partial charge in [-0.15, -0.1) is 0 Å². The number of carbonyl (C=O) groups excluding carboxylic acids is 1. The van der Waals surface area contributed by atoms with Crippen LogP contribution in [0.1, 0.15) is 34.2 Å². The lowest BCUT2D eigenvalue weighted by molar-refractivity contribution is 0.0760. The number of nitrogens with two attached hydrogens (primary N) is 1. The summed E-state index contributed by atoms with van der Waals surface area (Å²) in [5, 5.41) is 6.82. The first-order chi connectivity index (χ1) is 14.2. The number of aromatic nitrogens is 3. The van der Waals surface area contributed by atoms with Crippen molar-refractivity contribution in [1.29, 1.82) is 0 Å². The number of rotatable bonds is 4. The van der Waals surface area contributed by atoms with Crippen LogP contribution < -0.4 is 5.73 Å². The Balaban J connectivity index is 1.43. The molecule has 0 saturated carbocycles. The number of para-hydroxylation sites is 1. The third kappa shape index (κ3) is 2.89. The molecule has 1 aromatic carbocycles. The summed E-state index contributed by atoms with van der Waals surface area (Å²) in [5.74, 6) is 0.561. The first kappa shape index (κ1) is 17.9. The fourth-order valence-electron chi connectivity index (χ4n) is 4.30. The van der Waals surface area contributed by atoms with Crippen LogP contribution >= 0.6 is 0 Å². The Morgan fingerprint density at radius 1 is 1.24 bits per heavy atom. The van der Waals surface area contributed by atoms with Gasteiger partial charge in [-0.2, -0.15) is 5.10 Å². The molecule has 7 nitrogen and oxygen atoms in total. The van der Waals surface area contributed by atoms with Gasteiger partial charge in [0.05, 0.1) is 12.2 Å². The van der Waals surface area contributed by atoms with E-state index in [9.17, 15) is 4.79 Å². The van der Waals surface area contributed by atoms with Crippen molar-refractivity contribution < 1.29 is 9.21 Å². The van der Waals surface area contributed by atoms with Crippen molar-refractivity contribution in [3.63, 3.8) is 0 Å². The number of pyridine rings is 1. The number of likely N-dealkylation sites (tertiary alicyclic amines) is 1. The van der Waals surface area contributed by atoms with Crippen LogP contribution in [0, 0.1) is 6.92 Å². The maximum atomic E-state index is 13.2. The predicted molar refractivity (Wildman–Crippen MR) is 111 cm³/mol. The summed E-state index contributed by atoms with van der Waals surface area (Å²) in [7, 11) is 0. The zero-order chi connectivity index (χ0) is 20.0. The van der Waals surface area contributed by atoms with E-state index in [1.165, 1.54) is 0 Å². The highest BCUT2D eigenvalue weighted by molar-refractivity contribution is 5.99. The molecule has 4 aromatic rings. The normalized spacial score (nSPS) is 16.9. The lowest BCUT2D eigenvalue weighted by atomic mass is 10.0. The van der Waals surface area contributed by atoms with E-state index in [2.05, 4.69) is 4.98 Å². The molecule has 1 amide bonds. The fraction of sp³-hybridized carbons (Fsp3) is 0.318. The molecule has 0 aliphatic carbocycles. The third-order valence-electron chi connectivity index (χ3n) is 5.78. The highest BCUT2D eigenvalue weighted by Gasteiger charge is 2.33. The number of fused-ring (bicyclic) bond motifs is 2. The summed E-state index contributed by atoms with van der Waals surface area (Å²) >= 11 is 0. The van der Waals surface area contributed by atoms with E-state index >= 15 is 0 Å².